The third-order valence-corrected chi connectivity index (χ3v) is 7.91. The lowest BCUT2D eigenvalue weighted by atomic mass is 10.1. The summed E-state index contributed by atoms with van der Waals surface area (Å²) in [6.45, 7) is 0.946. The molecule has 2 fully saturated rings. The number of sulfonamides is 1. The summed E-state index contributed by atoms with van der Waals surface area (Å²) in [5, 5.41) is 0.376. The number of carbonyl (C=O) groups excluding carboxylic acids is 3. The van der Waals surface area contributed by atoms with Gasteiger partial charge in [0.2, 0.25) is 15.9 Å². The summed E-state index contributed by atoms with van der Waals surface area (Å²) in [4.78, 5) is 38.9. The van der Waals surface area contributed by atoms with Crippen molar-refractivity contribution in [2.24, 2.45) is 0 Å². The Balaban J connectivity index is 1.43. The van der Waals surface area contributed by atoms with Crippen molar-refractivity contribution in [3.05, 3.63) is 58.6 Å². The number of hydrogen-bond donors (Lipinski definition) is 0. The first kappa shape index (κ1) is 23.4. The second kappa shape index (κ2) is 9.62. The van der Waals surface area contributed by atoms with Crippen LogP contribution in [0.4, 0.5) is 5.69 Å². The van der Waals surface area contributed by atoms with E-state index in [4.69, 9.17) is 16.3 Å². The minimum Gasteiger partial charge on any atom is -0.454 e. The molecule has 4 rings (SSSR count). The molecule has 174 valence electrons. The van der Waals surface area contributed by atoms with Gasteiger partial charge in [0.25, 0.3) is 0 Å². The number of rotatable bonds is 7. The predicted molar refractivity (Wildman–Crippen MR) is 122 cm³/mol. The quantitative estimate of drug-likeness (QED) is 0.436. The number of anilines is 1. The van der Waals surface area contributed by atoms with E-state index in [0.29, 0.717) is 43.2 Å². The number of hydrogen-bond acceptors (Lipinski definition) is 6. The standard InChI is InChI=1S/C23H23ClN2O6S/c24-17-7-10-19(20(14-17)26-13-3-4-22(26)28)23(29)32-15-21(27)16-5-8-18(9-6-16)33(30,31)25-11-1-2-12-25/h5-10,14H,1-4,11-13,15H2. The molecule has 33 heavy (non-hydrogen) atoms. The summed E-state index contributed by atoms with van der Waals surface area (Å²) < 4.78 is 31.9. The van der Waals surface area contributed by atoms with Gasteiger partial charge in [0.1, 0.15) is 0 Å². The van der Waals surface area contributed by atoms with Crippen LogP contribution in [0.5, 0.6) is 0 Å². The van der Waals surface area contributed by atoms with Gasteiger partial charge in [-0.2, -0.15) is 4.31 Å². The van der Waals surface area contributed by atoms with E-state index in [1.165, 1.54) is 51.7 Å². The third kappa shape index (κ3) is 4.95. The second-order valence-corrected chi connectivity index (χ2v) is 10.3. The minimum absolute atomic E-state index is 0.105. The zero-order valence-corrected chi connectivity index (χ0v) is 19.4. The Morgan fingerprint density at radius 3 is 2.30 bits per heavy atom. The fourth-order valence-electron chi connectivity index (χ4n) is 3.99. The SMILES string of the molecule is O=C(COC(=O)c1ccc(Cl)cc1N1CCCC1=O)c1ccc(S(=O)(=O)N2CCCC2)cc1. The predicted octanol–water partition coefficient (Wildman–Crippen LogP) is 3.29. The summed E-state index contributed by atoms with van der Waals surface area (Å²) in [7, 11) is -3.57. The molecule has 0 N–H and O–H groups in total. The highest BCUT2D eigenvalue weighted by Gasteiger charge is 2.28. The van der Waals surface area contributed by atoms with E-state index < -0.39 is 28.4 Å². The van der Waals surface area contributed by atoms with E-state index in [1.807, 2.05) is 0 Å². The number of nitrogens with zero attached hydrogens (tertiary/aromatic N) is 2. The first-order valence-electron chi connectivity index (χ1n) is 10.7. The number of Topliss-reactive ketones (excluding diaryl/α,β-unsaturated/α-hetero) is 1. The maximum atomic E-state index is 12.7. The summed E-state index contributed by atoms with van der Waals surface area (Å²) in [6.07, 6.45) is 2.75. The molecule has 1 amide bonds. The van der Waals surface area contributed by atoms with E-state index in [1.54, 1.807) is 0 Å². The van der Waals surface area contributed by atoms with Crippen LogP contribution < -0.4 is 4.90 Å². The van der Waals surface area contributed by atoms with Gasteiger partial charge in [-0.15, -0.1) is 0 Å². The zero-order valence-electron chi connectivity index (χ0n) is 17.8. The molecule has 2 aromatic carbocycles. The van der Waals surface area contributed by atoms with E-state index >= 15 is 0 Å². The Bertz CT molecular complexity index is 1190. The lowest BCUT2D eigenvalue weighted by Gasteiger charge is -2.19. The van der Waals surface area contributed by atoms with E-state index in [-0.39, 0.29) is 21.9 Å². The van der Waals surface area contributed by atoms with Gasteiger partial charge in [0, 0.05) is 36.6 Å². The molecule has 2 aromatic rings. The number of carbonyl (C=O) groups is 3. The van der Waals surface area contributed by atoms with Crippen molar-refractivity contribution in [1.29, 1.82) is 0 Å². The minimum atomic E-state index is -3.57. The van der Waals surface area contributed by atoms with Crippen LogP contribution in [0.25, 0.3) is 0 Å². The number of halogens is 1. The molecule has 8 nitrogen and oxygen atoms in total. The van der Waals surface area contributed by atoms with Crippen molar-refractivity contribution in [2.75, 3.05) is 31.1 Å². The van der Waals surface area contributed by atoms with Crippen LogP contribution in [0.2, 0.25) is 5.02 Å². The molecule has 0 aliphatic carbocycles. The van der Waals surface area contributed by atoms with Crippen LogP contribution in [-0.2, 0) is 19.6 Å². The van der Waals surface area contributed by atoms with Crippen molar-refractivity contribution >= 4 is 45.0 Å². The van der Waals surface area contributed by atoms with Crippen molar-refractivity contribution in [3.8, 4) is 0 Å². The fraction of sp³-hybridized carbons (Fsp3) is 0.348. The summed E-state index contributed by atoms with van der Waals surface area (Å²) in [5.74, 6) is -1.32. The molecule has 0 saturated carbocycles. The van der Waals surface area contributed by atoms with Crippen LogP contribution in [0, 0.1) is 0 Å². The maximum Gasteiger partial charge on any atom is 0.340 e. The van der Waals surface area contributed by atoms with Crippen molar-refractivity contribution < 1.29 is 27.5 Å². The van der Waals surface area contributed by atoms with Gasteiger partial charge in [-0.1, -0.05) is 11.6 Å². The first-order chi connectivity index (χ1) is 15.8. The van der Waals surface area contributed by atoms with Crippen LogP contribution in [-0.4, -0.2) is 56.6 Å². The summed E-state index contributed by atoms with van der Waals surface area (Å²) in [6, 6.07) is 10.1. The molecule has 0 atom stereocenters. The Labute approximate surface area is 197 Å². The van der Waals surface area contributed by atoms with E-state index in [0.717, 1.165) is 12.8 Å². The number of esters is 1. The average molecular weight is 491 g/mol. The highest BCUT2D eigenvalue weighted by Crippen LogP contribution is 2.29. The molecule has 2 saturated heterocycles. The van der Waals surface area contributed by atoms with Gasteiger partial charge < -0.3 is 9.64 Å². The molecule has 0 aromatic heterocycles. The smallest absolute Gasteiger partial charge is 0.340 e. The van der Waals surface area contributed by atoms with Gasteiger partial charge in [-0.05, 0) is 61.7 Å². The Morgan fingerprint density at radius 2 is 1.67 bits per heavy atom. The van der Waals surface area contributed by atoms with Gasteiger partial charge in [-0.25, -0.2) is 13.2 Å². The van der Waals surface area contributed by atoms with Crippen molar-refractivity contribution in [3.63, 3.8) is 0 Å². The molecule has 0 spiro atoms. The van der Waals surface area contributed by atoms with Crippen LogP contribution in [0.3, 0.4) is 0 Å². The largest absolute Gasteiger partial charge is 0.454 e. The third-order valence-electron chi connectivity index (χ3n) is 5.76. The zero-order chi connectivity index (χ0) is 23.6. The lowest BCUT2D eigenvalue weighted by Crippen LogP contribution is -2.27. The fourth-order valence-corrected chi connectivity index (χ4v) is 5.67. The Morgan fingerprint density at radius 1 is 0.970 bits per heavy atom. The van der Waals surface area contributed by atoms with E-state index in [9.17, 15) is 22.8 Å². The monoisotopic (exact) mass is 490 g/mol. The first-order valence-corrected chi connectivity index (χ1v) is 12.5. The molecule has 2 aliphatic rings. The average Bonchev–Trinajstić information content (AvgIpc) is 3.49. The van der Waals surface area contributed by atoms with Crippen LogP contribution in [0.15, 0.2) is 47.4 Å². The molecule has 10 heteroatoms. The number of ether oxygens (including phenoxy) is 1. The van der Waals surface area contributed by atoms with Crippen LogP contribution in [0.1, 0.15) is 46.4 Å². The van der Waals surface area contributed by atoms with Crippen LogP contribution >= 0.6 is 11.6 Å². The highest BCUT2D eigenvalue weighted by atomic mass is 35.5. The highest BCUT2D eigenvalue weighted by molar-refractivity contribution is 7.89. The number of benzene rings is 2. The van der Waals surface area contributed by atoms with Crippen molar-refractivity contribution in [1.82, 2.24) is 4.31 Å². The maximum absolute atomic E-state index is 12.7. The Hall–Kier alpha value is -2.75. The molecule has 2 heterocycles. The van der Waals surface area contributed by atoms with Crippen molar-refractivity contribution in [2.45, 2.75) is 30.6 Å². The van der Waals surface area contributed by atoms with Gasteiger partial charge in [-0.3, -0.25) is 9.59 Å². The van der Waals surface area contributed by atoms with Gasteiger partial charge in [0.05, 0.1) is 16.1 Å². The van der Waals surface area contributed by atoms with Gasteiger partial charge in [0.15, 0.2) is 12.4 Å². The van der Waals surface area contributed by atoms with Gasteiger partial charge >= 0.3 is 5.97 Å². The molecule has 0 radical (unpaired) electrons. The lowest BCUT2D eigenvalue weighted by molar-refractivity contribution is -0.117. The van der Waals surface area contributed by atoms with E-state index in [2.05, 4.69) is 0 Å². The summed E-state index contributed by atoms with van der Waals surface area (Å²) in [5.41, 5.74) is 0.739. The molecule has 0 bridgehead atoms. The second-order valence-electron chi connectivity index (χ2n) is 7.95. The molecular formula is C23H23ClN2O6S. The molecular weight excluding hydrogens is 468 g/mol. The normalized spacial score (nSPS) is 16.9. The Kier molecular flexibility index (Phi) is 6.83. The molecule has 0 unspecified atom stereocenters. The number of amides is 1. The topological polar surface area (TPSA) is 101 Å². The molecule has 2 aliphatic heterocycles. The summed E-state index contributed by atoms with van der Waals surface area (Å²) >= 11 is 6.05. The number of ketones is 1.